The van der Waals surface area contributed by atoms with Crippen LogP contribution in [0, 0.1) is 0 Å². The third-order valence-electron chi connectivity index (χ3n) is 4.92. The van der Waals surface area contributed by atoms with Crippen LogP contribution in [-0.4, -0.2) is 32.1 Å². The molecule has 1 heterocycles. The number of piperidine rings is 1. The highest BCUT2D eigenvalue weighted by atomic mass is 16.5. The van der Waals surface area contributed by atoms with Crippen LogP contribution < -0.4 is 15.4 Å². The molecule has 0 radical (unpaired) electrons. The summed E-state index contributed by atoms with van der Waals surface area (Å²) in [6.07, 6.45) is 5.25. The van der Waals surface area contributed by atoms with Crippen molar-refractivity contribution < 1.29 is 9.53 Å². The van der Waals surface area contributed by atoms with Gasteiger partial charge in [-0.05, 0) is 49.9 Å². The summed E-state index contributed by atoms with van der Waals surface area (Å²) < 4.78 is 5.21. The van der Waals surface area contributed by atoms with Crippen molar-refractivity contribution in [3.8, 4) is 5.75 Å². The molecular formula is C17H24N2O2. The van der Waals surface area contributed by atoms with Crippen LogP contribution in [0.15, 0.2) is 24.3 Å². The Morgan fingerprint density at radius 1 is 1.29 bits per heavy atom. The molecule has 2 fully saturated rings. The van der Waals surface area contributed by atoms with Gasteiger partial charge in [0.2, 0.25) is 5.91 Å². The minimum Gasteiger partial charge on any atom is -0.497 e. The molecule has 1 saturated carbocycles. The Hall–Kier alpha value is -1.55. The summed E-state index contributed by atoms with van der Waals surface area (Å²) in [6.45, 7) is 1.96. The van der Waals surface area contributed by atoms with Gasteiger partial charge in [-0.2, -0.15) is 0 Å². The number of hydrogen-bond acceptors (Lipinski definition) is 3. The predicted molar refractivity (Wildman–Crippen MR) is 82.6 cm³/mol. The Morgan fingerprint density at radius 2 is 2.05 bits per heavy atom. The second kappa shape index (κ2) is 6.06. The molecule has 1 amide bonds. The van der Waals surface area contributed by atoms with Crippen LogP contribution in [0.5, 0.6) is 5.75 Å². The van der Waals surface area contributed by atoms with Crippen LogP contribution in [0.2, 0.25) is 0 Å². The van der Waals surface area contributed by atoms with Crippen molar-refractivity contribution in [2.75, 3.05) is 20.2 Å². The molecule has 0 unspecified atom stereocenters. The van der Waals surface area contributed by atoms with E-state index in [0.29, 0.717) is 0 Å². The highest BCUT2D eigenvalue weighted by Gasteiger charge is 2.46. The van der Waals surface area contributed by atoms with Gasteiger partial charge in [-0.25, -0.2) is 0 Å². The monoisotopic (exact) mass is 288 g/mol. The first-order chi connectivity index (χ1) is 10.2. The number of carbonyl (C=O) groups excluding carboxylic acids is 1. The Balaban J connectivity index is 1.73. The lowest BCUT2D eigenvalue weighted by Crippen LogP contribution is -2.55. The highest BCUT2D eigenvalue weighted by Crippen LogP contribution is 2.44. The molecule has 1 aromatic carbocycles. The van der Waals surface area contributed by atoms with E-state index < -0.39 is 0 Å². The van der Waals surface area contributed by atoms with E-state index in [1.807, 2.05) is 24.3 Å². The number of rotatable bonds is 4. The van der Waals surface area contributed by atoms with E-state index in [1.54, 1.807) is 7.11 Å². The van der Waals surface area contributed by atoms with Gasteiger partial charge in [0.05, 0.1) is 12.5 Å². The summed E-state index contributed by atoms with van der Waals surface area (Å²) in [5, 5.41) is 6.61. The molecule has 21 heavy (non-hydrogen) atoms. The van der Waals surface area contributed by atoms with Crippen molar-refractivity contribution in [1.82, 2.24) is 10.6 Å². The fourth-order valence-electron chi connectivity index (χ4n) is 3.39. The van der Waals surface area contributed by atoms with E-state index in [1.165, 1.54) is 0 Å². The molecular weight excluding hydrogens is 264 g/mol. The number of hydrogen-bond donors (Lipinski definition) is 2. The molecule has 2 N–H and O–H groups in total. The summed E-state index contributed by atoms with van der Waals surface area (Å²) in [5.41, 5.74) is 0.805. The van der Waals surface area contributed by atoms with Gasteiger partial charge in [0, 0.05) is 12.6 Å². The fourth-order valence-corrected chi connectivity index (χ4v) is 3.39. The van der Waals surface area contributed by atoms with Crippen LogP contribution in [-0.2, 0) is 10.2 Å². The number of carbonyl (C=O) groups is 1. The van der Waals surface area contributed by atoms with E-state index in [0.717, 1.165) is 56.5 Å². The molecule has 1 aliphatic heterocycles. The van der Waals surface area contributed by atoms with Crippen molar-refractivity contribution in [3.63, 3.8) is 0 Å². The zero-order chi connectivity index (χ0) is 14.7. The average molecular weight is 288 g/mol. The maximum absolute atomic E-state index is 12.8. The lowest BCUT2D eigenvalue weighted by Gasteiger charge is -2.42. The number of amides is 1. The Bertz CT molecular complexity index is 488. The van der Waals surface area contributed by atoms with Crippen molar-refractivity contribution >= 4 is 5.91 Å². The van der Waals surface area contributed by atoms with E-state index in [9.17, 15) is 4.79 Å². The molecule has 0 bridgehead atoms. The summed E-state index contributed by atoms with van der Waals surface area (Å²) in [7, 11) is 1.66. The largest absolute Gasteiger partial charge is 0.497 e. The van der Waals surface area contributed by atoms with Gasteiger partial charge >= 0.3 is 0 Å². The van der Waals surface area contributed by atoms with Crippen molar-refractivity contribution in [2.45, 2.75) is 43.6 Å². The maximum atomic E-state index is 12.8. The van der Waals surface area contributed by atoms with Crippen LogP contribution in [0.1, 0.15) is 37.7 Å². The molecule has 0 spiro atoms. The van der Waals surface area contributed by atoms with Crippen LogP contribution in [0.4, 0.5) is 0 Å². The standard InChI is InChI=1S/C17H24N2O2/c1-21-15-7-5-13(6-8-15)17(9-3-10-17)16(20)19-14-4-2-11-18-12-14/h5-8,14,18H,2-4,9-12H2,1H3,(H,19,20)/t14-/m0/s1. The Labute approximate surface area is 126 Å². The fraction of sp³-hybridized carbons (Fsp3) is 0.588. The number of ether oxygens (including phenoxy) is 1. The van der Waals surface area contributed by atoms with Gasteiger partial charge in [-0.15, -0.1) is 0 Å². The predicted octanol–water partition coefficient (Wildman–Crippen LogP) is 1.99. The zero-order valence-electron chi connectivity index (χ0n) is 12.7. The molecule has 114 valence electrons. The molecule has 1 aliphatic carbocycles. The third kappa shape index (κ3) is 2.77. The van der Waals surface area contributed by atoms with Crippen molar-refractivity contribution in [2.24, 2.45) is 0 Å². The third-order valence-corrected chi connectivity index (χ3v) is 4.92. The van der Waals surface area contributed by atoms with Crippen molar-refractivity contribution in [3.05, 3.63) is 29.8 Å². The first-order valence-electron chi connectivity index (χ1n) is 7.91. The minimum atomic E-state index is -0.316. The minimum absolute atomic E-state index is 0.201. The smallest absolute Gasteiger partial charge is 0.230 e. The molecule has 3 rings (SSSR count). The first-order valence-corrected chi connectivity index (χ1v) is 7.91. The SMILES string of the molecule is COc1ccc(C2(C(=O)N[C@H]3CCCNC3)CCC2)cc1. The van der Waals surface area contributed by atoms with Crippen LogP contribution in [0.3, 0.4) is 0 Å². The van der Waals surface area contributed by atoms with E-state index >= 15 is 0 Å². The average Bonchev–Trinajstić information content (AvgIpc) is 2.48. The molecule has 4 nitrogen and oxygen atoms in total. The highest BCUT2D eigenvalue weighted by molar-refractivity contribution is 5.89. The lowest BCUT2D eigenvalue weighted by atomic mass is 9.63. The summed E-state index contributed by atoms with van der Waals surface area (Å²) in [4.78, 5) is 12.8. The Kier molecular flexibility index (Phi) is 4.15. The number of nitrogens with one attached hydrogen (secondary N) is 2. The van der Waals surface area contributed by atoms with E-state index in [2.05, 4.69) is 10.6 Å². The quantitative estimate of drug-likeness (QED) is 0.891. The topological polar surface area (TPSA) is 50.4 Å². The number of benzene rings is 1. The van der Waals surface area contributed by atoms with E-state index in [4.69, 9.17) is 4.74 Å². The summed E-state index contributed by atoms with van der Waals surface area (Å²) in [6, 6.07) is 8.25. The first kappa shape index (κ1) is 14.4. The molecule has 1 atom stereocenters. The van der Waals surface area contributed by atoms with Gasteiger partial charge in [0.15, 0.2) is 0 Å². The summed E-state index contributed by atoms with van der Waals surface area (Å²) in [5.74, 6) is 1.04. The maximum Gasteiger partial charge on any atom is 0.230 e. The molecule has 1 aromatic rings. The zero-order valence-corrected chi connectivity index (χ0v) is 12.7. The molecule has 4 heteroatoms. The summed E-state index contributed by atoms with van der Waals surface area (Å²) >= 11 is 0. The van der Waals surface area contributed by atoms with Gasteiger partial charge in [0.1, 0.15) is 5.75 Å². The molecule has 0 aromatic heterocycles. The van der Waals surface area contributed by atoms with Crippen molar-refractivity contribution in [1.29, 1.82) is 0 Å². The van der Waals surface area contributed by atoms with Crippen LogP contribution in [0.25, 0.3) is 0 Å². The lowest BCUT2D eigenvalue weighted by molar-refractivity contribution is -0.130. The second-order valence-corrected chi connectivity index (χ2v) is 6.18. The van der Waals surface area contributed by atoms with E-state index in [-0.39, 0.29) is 17.4 Å². The van der Waals surface area contributed by atoms with Gasteiger partial charge < -0.3 is 15.4 Å². The van der Waals surface area contributed by atoms with Gasteiger partial charge in [0.25, 0.3) is 0 Å². The number of methoxy groups -OCH3 is 1. The molecule has 1 saturated heterocycles. The second-order valence-electron chi connectivity index (χ2n) is 6.18. The van der Waals surface area contributed by atoms with Gasteiger partial charge in [-0.1, -0.05) is 18.6 Å². The molecule has 2 aliphatic rings. The normalized spacial score (nSPS) is 24.0. The van der Waals surface area contributed by atoms with Crippen LogP contribution >= 0.6 is 0 Å². The van der Waals surface area contributed by atoms with Gasteiger partial charge in [-0.3, -0.25) is 4.79 Å². The Morgan fingerprint density at radius 3 is 2.57 bits per heavy atom.